The Hall–Kier alpha value is -2.96. The highest BCUT2D eigenvalue weighted by Crippen LogP contribution is 2.34. The van der Waals surface area contributed by atoms with E-state index in [4.69, 9.17) is 4.74 Å². The summed E-state index contributed by atoms with van der Waals surface area (Å²) in [6.45, 7) is 0.922. The second-order valence-electron chi connectivity index (χ2n) is 6.39. The van der Waals surface area contributed by atoms with Gasteiger partial charge in [-0.05, 0) is 29.3 Å². The highest BCUT2D eigenvalue weighted by atomic mass is 19.2. The average molecular weight is 358 g/mol. The Balaban J connectivity index is 1.60. The van der Waals surface area contributed by atoms with Crippen LogP contribution >= 0.6 is 0 Å². The lowest BCUT2D eigenvalue weighted by atomic mass is 9.87. The predicted octanol–water partition coefficient (Wildman–Crippen LogP) is 2.37. The lowest BCUT2D eigenvalue weighted by molar-refractivity contribution is -0.130. The molecule has 1 saturated heterocycles. The number of anilines is 1. The van der Waals surface area contributed by atoms with Crippen LogP contribution < -0.4 is 15.4 Å². The zero-order valence-electron chi connectivity index (χ0n) is 13.7. The van der Waals surface area contributed by atoms with Crippen molar-refractivity contribution in [3.63, 3.8) is 0 Å². The van der Waals surface area contributed by atoms with E-state index in [-0.39, 0.29) is 11.6 Å². The SMILES string of the molecule is O=C1NC[C@H](c2ccc3c(c2)CCO3)[C@H]1C(=O)Nc1cccc(F)c1F. The Morgan fingerprint density at radius 1 is 1.23 bits per heavy atom. The molecule has 2 atom stereocenters. The number of carbonyl (C=O) groups is 2. The maximum atomic E-state index is 13.8. The van der Waals surface area contributed by atoms with E-state index in [1.165, 1.54) is 12.1 Å². The Morgan fingerprint density at radius 3 is 2.92 bits per heavy atom. The number of hydrogen-bond donors (Lipinski definition) is 2. The van der Waals surface area contributed by atoms with E-state index in [1.807, 2.05) is 18.2 Å². The summed E-state index contributed by atoms with van der Waals surface area (Å²) in [7, 11) is 0. The Kier molecular flexibility index (Phi) is 4.06. The fourth-order valence-corrected chi connectivity index (χ4v) is 3.48. The molecule has 2 aliphatic rings. The summed E-state index contributed by atoms with van der Waals surface area (Å²) in [5.74, 6) is -3.89. The second kappa shape index (κ2) is 6.40. The molecule has 2 N–H and O–H groups in total. The highest BCUT2D eigenvalue weighted by molar-refractivity contribution is 6.08. The first-order valence-electron chi connectivity index (χ1n) is 8.33. The summed E-state index contributed by atoms with van der Waals surface area (Å²) in [5, 5.41) is 5.02. The minimum Gasteiger partial charge on any atom is -0.493 e. The van der Waals surface area contributed by atoms with Crippen molar-refractivity contribution in [2.45, 2.75) is 12.3 Å². The fourth-order valence-electron chi connectivity index (χ4n) is 3.48. The van der Waals surface area contributed by atoms with Gasteiger partial charge in [-0.3, -0.25) is 9.59 Å². The number of halogens is 2. The van der Waals surface area contributed by atoms with Gasteiger partial charge in [-0.15, -0.1) is 0 Å². The van der Waals surface area contributed by atoms with Crippen LogP contribution in [0.1, 0.15) is 17.0 Å². The molecule has 5 nitrogen and oxygen atoms in total. The molecular weight excluding hydrogens is 342 g/mol. The first-order valence-corrected chi connectivity index (χ1v) is 8.33. The average Bonchev–Trinajstić information content (AvgIpc) is 3.24. The summed E-state index contributed by atoms with van der Waals surface area (Å²) in [4.78, 5) is 24.8. The van der Waals surface area contributed by atoms with Crippen molar-refractivity contribution in [3.8, 4) is 5.75 Å². The topological polar surface area (TPSA) is 67.4 Å². The third kappa shape index (κ3) is 2.79. The van der Waals surface area contributed by atoms with Crippen molar-refractivity contribution in [2.24, 2.45) is 5.92 Å². The van der Waals surface area contributed by atoms with E-state index < -0.39 is 29.4 Å². The van der Waals surface area contributed by atoms with E-state index in [0.29, 0.717) is 13.2 Å². The molecule has 1 fully saturated rings. The summed E-state index contributed by atoms with van der Waals surface area (Å²) in [6, 6.07) is 9.12. The molecular formula is C19H16F2N2O3. The standard InChI is InChI=1S/C19H16F2N2O3/c20-13-2-1-3-14(17(13)21)23-19(25)16-12(9-22-18(16)24)10-4-5-15-11(8-10)6-7-26-15/h1-5,8,12,16H,6-7,9H2,(H,22,24)(H,23,25)/t12-,16-/m1/s1. The number of benzene rings is 2. The molecule has 2 aliphatic heterocycles. The zero-order chi connectivity index (χ0) is 18.3. The molecule has 0 unspecified atom stereocenters. The van der Waals surface area contributed by atoms with Gasteiger partial charge in [0.15, 0.2) is 11.6 Å². The van der Waals surface area contributed by atoms with E-state index in [0.717, 1.165) is 29.4 Å². The van der Waals surface area contributed by atoms with E-state index in [2.05, 4.69) is 10.6 Å². The van der Waals surface area contributed by atoms with Crippen molar-refractivity contribution in [1.29, 1.82) is 0 Å². The number of amides is 2. The van der Waals surface area contributed by atoms with Gasteiger partial charge < -0.3 is 15.4 Å². The summed E-state index contributed by atoms with van der Waals surface area (Å²) in [5.41, 5.74) is 1.60. The molecule has 0 aromatic heterocycles. The number of rotatable bonds is 3. The van der Waals surface area contributed by atoms with Crippen LogP contribution in [0.2, 0.25) is 0 Å². The highest BCUT2D eigenvalue weighted by Gasteiger charge is 2.41. The molecule has 134 valence electrons. The van der Waals surface area contributed by atoms with Crippen molar-refractivity contribution < 1.29 is 23.1 Å². The van der Waals surface area contributed by atoms with Crippen molar-refractivity contribution in [2.75, 3.05) is 18.5 Å². The molecule has 2 aromatic carbocycles. The summed E-state index contributed by atoms with van der Waals surface area (Å²) < 4.78 is 32.6. The van der Waals surface area contributed by atoms with Crippen LogP contribution in [0.4, 0.5) is 14.5 Å². The molecule has 2 heterocycles. The quantitative estimate of drug-likeness (QED) is 0.828. The molecule has 2 amide bonds. The number of ether oxygens (including phenoxy) is 1. The predicted molar refractivity (Wildman–Crippen MR) is 89.9 cm³/mol. The number of carbonyl (C=O) groups excluding carboxylic acids is 2. The number of nitrogens with one attached hydrogen (secondary N) is 2. The van der Waals surface area contributed by atoms with Crippen LogP contribution in [-0.2, 0) is 16.0 Å². The lowest BCUT2D eigenvalue weighted by Crippen LogP contribution is -2.32. The van der Waals surface area contributed by atoms with Gasteiger partial charge in [0.25, 0.3) is 0 Å². The fraction of sp³-hybridized carbons (Fsp3) is 0.263. The maximum Gasteiger partial charge on any atom is 0.237 e. The largest absolute Gasteiger partial charge is 0.493 e. The van der Waals surface area contributed by atoms with E-state index >= 15 is 0 Å². The molecule has 0 spiro atoms. The van der Waals surface area contributed by atoms with Gasteiger partial charge in [-0.2, -0.15) is 0 Å². The first-order chi connectivity index (χ1) is 12.5. The summed E-state index contributed by atoms with van der Waals surface area (Å²) in [6.07, 6.45) is 0.780. The molecule has 0 radical (unpaired) electrons. The third-order valence-electron chi connectivity index (χ3n) is 4.81. The van der Waals surface area contributed by atoms with Crippen LogP contribution in [0.15, 0.2) is 36.4 Å². The third-order valence-corrected chi connectivity index (χ3v) is 4.81. The van der Waals surface area contributed by atoms with Crippen molar-refractivity contribution >= 4 is 17.5 Å². The van der Waals surface area contributed by atoms with Crippen molar-refractivity contribution in [1.82, 2.24) is 5.32 Å². The van der Waals surface area contributed by atoms with Gasteiger partial charge in [0.05, 0.1) is 12.3 Å². The Morgan fingerprint density at radius 2 is 2.08 bits per heavy atom. The number of hydrogen-bond acceptors (Lipinski definition) is 3. The lowest BCUT2D eigenvalue weighted by Gasteiger charge is -2.18. The molecule has 26 heavy (non-hydrogen) atoms. The first kappa shape index (κ1) is 16.5. The second-order valence-corrected chi connectivity index (χ2v) is 6.39. The Labute approximate surface area is 148 Å². The van der Waals surface area contributed by atoms with Crippen LogP contribution in [0.3, 0.4) is 0 Å². The zero-order valence-corrected chi connectivity index (χ0v) is 13.7. The summed E-state index contributed by atoms with van der Waals surface area (Å²) >= 11 is 0. The van der Waals surface area contributed by atoms with E-state index in [9.17, 15) is 18.4 Å². The normalized spacial score (nSPS) is 21.1. The molecule has 0 saturated carbocycles. The maximum absolute atomic E-state index is 13.8. The number of fused-ring (bicyclic) bond motifs is 1. The molecule has 0 aliphatic carbocycles. The van der Waals surface area contributed by atoms with Crippen LogP contribution in [0, 0.1) is 17.6 Å². The van der Waals surface area contributed by atoms with Crippen LogP contribution in [0.5, 0.6) is 5.75 Å². The molecule has 4 rings (SSSR count). The monoisotopic (exact) mass is 358 g/mol. The van der Waals surface area contributed by atoms with Crippen LogP contribution in [0.25, 0.3) is 0 Å². The van der Waals surface area contributed by atoms with E-state index in [1.54, 1.807) is 0 Å². The van der Waals surface area contributed by atoms with Gasteiger partial charge in [0.1, 0.15) is 11.7 Å². The smallest absolute Gasteiger partial charge is 0.237 e. The molecule has 7 heteroatoms. The van der Waals surface area contributed by atoms with Crippen molar-refractivity contribution in [3.05, 3.63) is 59.2 Å². The van der Waals surface area contributed by atoms with Gasteiger partial charge in [0.2, 0.25) is 11.8 Å². The van der Waals surface area contributed by atoms with Crippen LogP contribution in [-0.4, -0.2) is 25.0 Å². The van der Waals surface area contributed by atoms with Gasteiger partial charge in [-0.25, -0.2) is 8.78 Å². The minimum atomic E-state index is -1.15. The van der Waals surface area contributed by atoms with Gasteiger partial charge in [0, 0.05) is 18.9 Å². The minimum absolute atomic E-state index is 0.282. The molecule has 2 aromatic rings. The van der Waals surface area contributed by atoms with Gasteiger partial charge in [-0.1, -0.05) is 18.2 Å². The molecule has 0 bridgehead atoms. The van der Waals surface area contributed by atoms with Gasteiger partial charge >= 0.3 is 0 Å². The Bertz CT molecular complexity index is 900.